The van der Waals surface area contributed by atoms with Crippen molar-refractivity contribution in [3.8, 4) is 0 Å². The molecule has 5 nitrogen and oxygen atoms in total. The number of urea groups is 1. The molecule has 5 heteroatoms. The molecule has 0 bridgehead atoms. The topological polar surface area (TPSA) is 60.9 Å². The molecule has 2 amide bonds. The zero-order valence-electron chi connectivity index (χ0n) is 12.0. The smallest absolute Gasteiger partial charge is 0.326 e. The van der Waals surface area contributed by atoms with Gasteiger partial charge >= 0.3 is 12.0 Å². The van der Waals surface area contributed by atoms with Crippen LogP contribution in [0.3, 0.4) is 0 Å². The second-order valence-electron chi connectivity index (χ2n) is 6.42. The standard InChI is InChI=1S/C15H24N2O3/c18-14(19)13-8-4-10-17(13)15(20)16-9-3-7-12(16)11-5-1-2-6-11/h11-13H,1-10H2,(H,18,19)/t12?,13-/m1/s1. The Morgan fingerprint density at radius 1 is 0.850 bits per heavy atom. The third kappa shape index (κ3) is 2.38. The van der Waals surface area contributed by atoms with Crippen molar-refractivity contribution in [2.75, 3.05) is 13.1 Å². The molecule has 0 spiro atoms. The lowest BCUT2D eigenvalue weighted by atomic mass is 9.96. The van der Waals surface area contributed by atoms with E-state index < -0.39 is 12.0 Å². The van der Waals surface area contributed by atoms with Crippen molar-refractivity contribution in [2.45, 2.75) is 63.5 Å². The van der Waals surface area contributed by atoms with Crippen molar-refractivity contribution in [3.63, 3.8) is 0 Å². The minimum atomic E-state index is -0.854. The zero-order valence-corrected chi connectivity index (χ0v) is 12.0. The molecule has 1 unspecified atom stereocenters. The summed E-state index contributed by atoms with van der Waals surface area (Å²) in [6, 6.07) is -0.267. The van der Waals surface area contributed by atoms with E-state index in [2.05, 4.69) is 0 Å². The van der Waals surface area contributed by atoms with Gasteiger partial charge in [0.05, 0.1) is 0 Å². The van der Waals surface area contributed by atoms with Gasteiger partial charge in [-0.3, -0.25) is 0 Å². The first-order chi connectivity index (χ1) is 9.68. The summed E-state index contributed by atoms with van der Waals surface area (Å²) in [5.41, 5.74) is 0. The lowest BCUT2D eigenvalue weighted by Crippen LogP contribution is -2.50. The molecule has 2 aliphatic heterocycles. The van der Waals surface area contributed by atoms with Crippen molar-refractivity contribution in [1.82, 2.24) is 9.80 Å². The number of hydrogen-bond donors (Lipinski definition) is 1. The lowest BCUT2D eigenvalue weighted by molar-refractivity contribution is -0.141. The fraction of sp³-hybridized carbons (Fsp3) is 0.867. The number of rotatable bonds is 2. The van der Waals surface area contributed by atoms with Crippen LogP contribution in [-0.2, 0) is 4.79 Å². The van der Waals surface area contributed by atoms with E-state index >= 15 is 0 Å². The van der Waals surface area contributed by atoms with E-state index in [0.717, 1.165) is 25.8 Å². The molecule has 3 aliphatic rings. The number of nitrogens with zero attached hydrogens (tertiary/aromatic N) is 2. The summed E-state index contributed by atoms with van der Waals surface area (Å²) >= 11 is 0. The number of carbonyl (C=O) groups is 2. The summed E-state index contributed by atoms with van der Waals surface area (Å²) in [5, 5.41) is 9.24. The summed E-state index contributed by atoms with van der Waals surface area (Å²) < 4.78 is 0. The highest BCUT2D eigenvalue weighted by molar-refractivity contribution is 5.83. The Morgan fingerprint density at radius 3 is 2.20 bits per heavy atom. The van der Waals surface area contributed by atoms with Gasteiger partial charge in [-0.1, -0.05) is 12.8 Å². The summed E-state index contributed by atoms with van der Waals surface area (Å²) in [4.78, 5) is 27.6. The van der Waals surface area contributed by atoms with Gasteiger partial charge in [0.2, 0.25) is 0 Å². The van der Waals surface area contributed by atoms with Crippen molar-refractivity contribution < 1.29 is 14.7 Å². The molecule has 0 aromatic heterocycles. The van der Waals surface area contributed by atoms with Crippen LogP contribution in [0.1, 0.15) is 51.4 Å². The predicted octanol–water partition coefficient (Wildman–Crippen LogP) is 2.31. The first-order valence-electron chi connectivity index (χ1n) is 7.98. The second kappa shape index (κ2) is 5.62. The van der Waals surface area contributed by atoms with Gasteiger partial charge in [-0.15, -0.1) is 0 Å². The van der Waals surface area contributed by atoms with E-state index in [-0.39, 0.29) is 6.03 Å². The van der Waals surface area contributed by atoms with Crippen molar-refractivity contribution in [3.05, 3.63) is 0 Å². The average molecular weight is 280 g/mol. The van der Waals surface area contributed by atoms with Crippen LogP contribution in [-0.4, -0.2) is 52.1 Å². The fourth-order valence-corrected chi connectivity index (χ4v) is 4.28. The highest BCUT2D eigenvalue weighted by Crippen LogP contribution is 2.36. The first kappa shape index (κ1) is 13.7. The molecule has 0 aromatic rings. The maximum Gasteiger partial charge on any atom is 0.326 e. The SMILES string of the molecule is O=C(O)[C@H]1CCCN1C(=O)N1CCCC1C1CCCC1. The Labute approximate surface area is 119 Å². The predicted molar refractivity (Wildman–Crippen MR) is 74.4 cm³/mol. The molecular weight excluding hydrogens is 256 g/mol. The Bertz CT molecular complexity index is 393. The van der Waals surface area contributed by atoms with Crippen molar-refractivity contribution >= 4 is 12.0 Å². The number of aliphatic carboxylic acids is 1. The van der Waals surface area contributed by atoms with Crippen molar-refractivity contribution in [1.29, 1.82) is 0 Å². The fourth-order valence-electron chi connectivity index (χ4n) is 4.28. The average Bonchev–Trinajstić information content (AvgIpc) is 3.17. The lowest BCUT2D eigenvalue weighted by Gasteiger charge is -2.34. The van der Waals surface area contributed by atoms with Crippen LogP contribution in [0, 0.1) is 5.92 Å². The van der Waals surface area contributed by atoms with Crippen LogP contribution in [0.15, 0.2) is 0 Å². The summed E-state index contributed by atoms with van der Waals surface area (Å²) in [6.45, 7) is 1.41. The van der Waals surface area contributed by atoms with Gasteiger partial charge in [-0.05, 0) is 44.4 Å². The van der Waals surface area contributed by atoms with Gasteiger partial charge in [0.1, 0.15) is 6.04 Å². The minimum absolute atomic E-state index is 0.0238. The number of hydrogen-bond acceptors (Lipinski definition) is 2. The van der Waals surface area contributed by atoms with Gasteiger partial charge in [-0.25, -0.2) is 9.59 Å². The van der Waals surface area contributed by atoms with Gasteiger partial charge in [0.25, 0.3) is 0 Å². The van der Waals surface area contributed by atoms with E-state index in [9.17, 15) is 14.7 Å². The largest absolute Gasteiger partial charge is 0.480 e. The third-order valence-electron chi connectivity index (χ3n) is 5.27. The molecule has 2 saturated heterocycles. The Balaban J connectivity index is 1.70. The molecule has 1 saturated carbocycles. The Kier molecular flexibility index (Phi) is 3.85. The number of likely N-dealkylation sites (tertiary alicyclic amines) is 2. The van der Waals surface area contributed by atoms with Gasteiger partial charge in [-0.2, -0.15) is 0 Å². The second-order valence-corrected chi connectivity index (χ2v) is 6.42. The first-order valence-corrected chi connectivity index (χ1v) is 7.98. The molecular formula is C15H24N2O3. The number of amides is 2. The Morgan fingerprint density at radius 2 is 1.50 bits per heavy atom. The van der Waals surface area contributed by atoms with Gasteiger partial charge in [0.15, 0.2) is 0 Å². The van der Waals surface area contributed by atoms with E-state index in [4.69, 9.17) is 0 Å². The molecule has 2 heterocycles. The van der Waals surface area contributed by atoms with Crippen LogP contribution in [0.25, 0.3) is 0 Å². The molecule has 0 aromatic carbocycles. The van der Waals surface area contributed by atoms with E-state index in [1.807, 2.05) is 4.90 Å². The van der Waals surface area contributed by atoms with Gasteiger partial charge < -0.3 is 14.9 Å². The van der Waals surface area contributed by atoms with Crippen LogP contribution >= 0.6 is 0 Å². The summed E-state index contributed by atoms with van der Waals surface area (Å²) in [5.74, 6) is -0.209. The van der Waals surface area contributed by atoms with E-state index in [1.54, 1.807) is 4.90 Å². The normalized spacial score (nSPS) is 31.2. The molecule has 2 atom stereocenters. The summed E-state index contributed by atoms with van der Waals surface area (Å²) in [6.07, 6.45) is 8.61. The number of carboxylic acids is 1. The van der Waals surface area contributed by atoms with Crippen LogP contribution in [0.5, 0.6) is 0 Å². The molecule has 3 rings (SSSR count). The maximum absolute atomic E-state index is 12.7. The monoisotopic (exact) mass is 280 g/mol. The van der Waals surface area contributed by atoms with E-state index in [1.165, 1.54) is 25.7 Å². The maximum atomic E-state index is 12.7. The number of carboxylic acid groups (broad SMARTS) is 1. The minimum Gasteiger partial charge on any atom is -0.480 e. The molecule has 1 aliphatic carbocycles. The van der Waals surface area contributed by atoms with Crippen LogP contribution in [0.4, 0.5) is 4.79 Å². The molecule has 1 N–H and O–H groups in total. The molecule has 0 radical (unpaired) electrons. The quantitative estimate of drug-likeness (QED) is 0.844. The third-order valence-corrected chi connectivity index (χ3v) is 5.27. The molecule has 112 valence electrons. The van der Waals surface area contributed by atoms with Crippen LogP contribution in [0.2, 0.25) is 0 Å². The highest BCUT2D eigenvalue weighted by atomic mass is 16.4. The van der Waals surface area contributed by atoms with Crippen molar-refractivity contribution in [2.24, 2.45) is 5.92 Å². The number of carbonyl (C=O) groups excluding carboxylic acids is 1. The van der Waals surface area contributed by atoms with E-state index in [0.29, 0.717) is 24.9 Å². The zero-order chi connectivity index (χ0) is 14.1. The Hall–Kier alpha value is -1.26. The molecule has 20 heavy (non-hydrogen) atoms. The molecule has 3 fully saturated rings. The summed E-state index contributed by atoms with van der Waals surface area (Å²) in [7, 11) is 0. The highest BCUT2D eigenvalue weighted by Gasteiger charge is 2.41. The van der Waals surface area contributed by atoms with Gasteiger partial charge in [0, 0.05) is 19.1 Å². The van der Waals surface area contributed by atoms with Crippen LogP contribution < -0.4 is 0 Å².